The highest BCUT2D eigenvalue weighted by Gasteiger charge is 2.25. The molecular formula is C29H62N+. The van der Waals surface area contributed by atoms with E-state index < -0.39 is 0 Å². The number of allylic oxidation sites excluding steroid dienone is 1. The molecule has 0 saturated carbocycles. The van der Waals surface area contributed by atoms with Crippen molar-refractivity contribution in [3.8, 4) is 0 Å². The van der Waals surface area contributed by atoms with E-state index in [1.165, 1.54) is 146 Å². The second-order valence-electron chi connectivity index (χ2n) is 9.56. The zero-order valence-electron chi connectivity index (χ0n) is 22.3. The lowest BCUT2D eigenvalue weighted by Gasteiger charge is -2.39. The van der Waals surface area contributed by atoms with Gasteiger partial charge in [0, 0.05) is 0 Å². The van der Waals surface area contributed by atoms with Crippen LogP contribution in [0.25, 0.3) is 0 Å². The molecule has 0 radical (unpaired) electrons. The molecule has 0 bridgehead atoms. The Labute approximate surface area is 193 Å². The number of nitrogens with zero attached hydrogens (tertiary/aromatic N) is 1. The van der Waals surface area contributed by atoms with Crippen molar-refractivity contribution in [3.63, 3.8) is 0 Å². The van der Waals surface area contributed by atoms with Crippen molar-refractivity contribution < 1.29 is 4.48 Å². The fourth-order valence-electron chi connectivity index (χ4n) is 4.35. The molecule has 0 aromatic heterocycles. The van der Waals surface area contributed by atoms with E-state index in [0.717, 1.165) is 0 Å². The Bertz CT molecular complexity index is 264. The van der Waals surface area contributed by atoms with Gasteiger partial charge in [-0.25, -0.2) is 0 Å². The molecule has 182 valence electrons. The predicted molar refractivity (Wildman–Crippen MR) is 141 cm³/mol. The number of quaternary nitrogens is 1. The third-order valence-electron chi connectivity index (χ3n) is 6.46. The van der Waals surface area contributed by atoms with Gasteiger partial charge < -0.3 is 4.48 Å². The molecule has 0 aromatic carbocycles. The summed E-state index contributed by atoms with van der Waals surface area (Å²) in [6.07, 6.45) is 27.0. The lowest BCUT2D eigenvalue weighted by molar-refractivity contribution is -0.929. The summed E-state index contributed by atoms with van der Waals surface area (Å²) in [6, 6.07) is 0. The molecule has 0 heterocycles. The van der Waals surface area contributed by atoms with Gasteiger partial charge in [-0.15, -0.1) is 6.58 Å². The number of hydrogen-bond donors (Lipinski definition) is 0. The van der Waals surface area contributed by atoms with E-state index in [-0.39, 0.29) is 0 Å². The molecule has 1 heteroatoms. The fraction of sp³-hybridized carbons (Fsp3) is 0.931. The molecule has 0 N–H and O–H groups in total. The molecular weight excluding hydrogens is 362 g/mol. The summed E-state index contributed by atoms with van der Waals surface area (Å²) in [5.41, 5.74) is 0. The summed E-state index contributed by atoms with van der Waals surface area (Å²) in [5, 5.41) is 0. The van der Waals surface area contributed by atoms with Gasteiger partial charge in [-0.2, -0.15) is 0 Å². The first kappa shape index (κ1) is 31.9. The molecule has 1 nitrogen and oxygen atoms in total. The second-order valence-corrected chi connectivity index (χ2v) is 9.56. The lowest BCUT2D eigenvalue weighted by atomic mass is 10.1. The summed E-state index contributed by atoms with van der Waals surface area (Å²) in [7, 11) is 0. The second kappa shape index (κ2) is 26.7. The first-order chi connectivity index (χ1) is 14.7. The van der Waals surface area contributed by atoms with E-state index >= 15 is 0 Å². The van der Waals surface area contributed by atoms with Gasteiger partial charge in [0.05, 0.1) is 26.2 Å². The SMILES string of the molecule is C=CCCCCCCC.CCCCC[N+](CCCCC)(CCCCC)CCCCC. The van der Waals surface area contributed by atoms with E-state index in [1.807, 2.05) is 6.08 Å². The average Bonchev–Trinajstić information content (AvgIpc) is 2.75. The third kappa shape index (κ3) is 22.4. The Balaban J connectivity index is 0. The lowest BCUT2D eigenvalue weighted by Crippen LogP contribution is -2.50. The topological polar surface area (TPSA) is 0 Å². The molecule has 0 saturated heterocycles. The van der Waals surface area contributed by atoms with Crippen LogP contribution in [0.4, 0.5) is 0 Å². The van der Waals surface area contributed by atoms with E-state index in [9.17, 15) is 0 Å². The molecule has 30 heavy (non-hydrogen) atoms. The Morgan fingerprint density at radius 3 is 1.03 bits per heavy atom. The van der Waals surface area contributed by atoms with Crippen LogP contribution in [0.2, 0.25) is 0 Å². The summed E-state index contributed by atoms with van der Waals surface area (Å²) in [5.74, 6) is 0. The van der Waals surface area contributed by atoms with Gasteiger partial charge in [-0.3, -0.25) is 0 Å². The molecule has 0 aliphatic carbocycles. The van der Waals surface area contributed by atoms with Crippen molar-refractivity contribution in [1.82, 2.24) is 0 Å². The van der Waals surface area contributed by atoms with Gasteiger partial charge >= 0.3 is 0 Å². The minimum atomic E-state index is 1.20. The van der Waals surface area contributed by atoms with Crippen LogP contribution >= 0.6 is 0 Å². The van der Waals surface area contributed by atoms with Gasteiger partial charge in [0.1, 0.15) is 0 Å². The Kier molecular flexibility index (Phi) is 28.4. The maximum absolute atomic E-state index is 3.68. The Hall–Kier alpha value is -0.300. The van der Waals surface area contributed by atoms with Crippen molar-refractivity contribution in [2.45, 2.75) is 150 Å². The van der Waals surface area contributed by atoms with Crippen LogP contribution in [0.5, 0.6) is 0 Å². The van der Waals surface area contributed by atoms with Gasteiger partial charge in [0.2, 0.25) is 0 Å². The van der Waals surface area contributed by atoms with Crippen LogP contribution in [0.15, 0.2) is 12.7 Å². The van der Waals surface area contributed by atoms with Crippen molar-refractivity contribution in [3.05, 3.63) is 12.7 Å². The average molecular weight is 425 g/mol. The summed E-state index contributed by atoms with van der Waals surface area (Å²) < 4.78 is 1.44. The summed E-state index contributed by atoms with van der Waals surface area (Å²) in [6.45, 7) is 21.1. The molecule has 0 aliphatic heterocycles. The van der Waals surface area contributed by atoms with Crippen LogP contribution in [-0.4, -0.2) is 30.7 Å². The molecule has 0 fully saturated rings. The van der Waals surface area contributed by atoms with E-state index in [4.69, 9.17) is 0 Å². The summed E-state index contributed by atoms with van der Waals surface area (Å²) >= 11 is 0. The molecule has 0 rings (SSSR count). The standard InChI is InChI=1S/C20H44N.C9H18/c1-5-9-13-17-21(18-14-10-6-2,19-15-11-7-3)20-16-12-8-4;1-3-5-7-9-8-6-4-2/h5-20H2,1-4H3;3H,1,4-9H2,2H3/q+1;. The van der Waals surface area contributed by atoms with Crippen molar-refractivity contribution >= 4 is 0 Å². The van der Waals surface area contributed by atoms with E-state index in [2.05, 4.69) is 41.2 Å². The van der Waals surface area contributed by atoms with Crippen molar-refractivity contribution in [2.75, 3.05) is 26.2 Å². The molecule has 0 spiro atoms. The zero-order chi connectivity index (χ0) is 22.8. The van der Waals surface area contributed by atoms with Crippen LogP contribution in [0.1, 0.15) is 150 Å². The number of hydrogen-bond acceptors (Lipinski definition) is 0. The molecule has 0 aromatic rings. The number of unbranched alkanes of at least 4 members (excludes halogenated alkanes) is 13. The molecule has 0 unspecified atom stereocenters. The number of rotatable bonds is 22. The molecule has 0 amide bonds. The Morgan fingerprint density at radius 1 is 0.433 bits per heavy atom. The minimum absolute atomic E-state index is 1.20. The smallest absolute Gasteiger partial charge is 0.0786 e. The van der Waals surface area contributed by atoms with Crippen molar-refractivity contribution in [2.24, 2.45) is 0 Å². The fourth-order valence-corrected chi connectivity index (χ4v) is 4.35. The van der Waals surface area contributed by atoms with Gasteiger partial charge in [0.25, 0.3) is 0 Å². The van der Waals surface area contributed by atoms with Crippen LogP contribution in [-0.2, 0) is 0 Å². The van der Waals surface area contributed by atoms with Gasteiger partial charge in [-0.1, -0.05) is 92.1 Å². The highest BCUT2D eigenvalue weighted by atomic mass is 15.3. The maximum Gasteiger partial charge on any atom is 0.0786 e. The molecule has 0 aliphatic rings. The largest absolute Gasteiger partial charge is 0.324 e. The van der Waals surface area contributed by atoms with E-state index in [1.54, 1.807) is 0 Å². The van der Waals surface area contributed by atoms with Crippen molar-refractivity contribution in [1.29, 1.82) is 0 Å². The van der Waals surface area contributed by atoms with Crippen LogP contribution in [0, 0.1) is 0 Å². The maximum atomic E-state index is 3.68. The van der Waals surface area contributed by atoms with Gasteiger partial charge in [0.15, 0.2) is 0 Å². The Morgan fingerprint density at radius 2 is 0.733 bits per heavy atom. The highest BCUT2D eigenvalue weighted by Crippen LogP contribution is 2.18. The normalized spacial score (nSPS) is 11.2. The van der Waals surface area contributed by atoms with E-state index in [0.29, 0.717) is 0 Å². The van der Waals surface area contributed by atoms with Gasteiger partial charge in [-0.05, 0) is 64.2 Å². The summed E-state index contributed by atoms with van der Waals surface area (Å²) in [4.78, 5) is 0. The predicted octanol–water partition coefficient (Wildman–Crippen LogP) is 10.1. The first-order valence-electron chi connectivity index (χ1n) is 14.1. The quantitative estimate of drug-likeness (QED) is 0.0920. The highest BCUT2D eigenvalue weighted by molar-refractivity contribution is 4.65. The molecule has 0 atom stereocenters. The minimum Gasteiger partial charge on any atom is -0.324 e. The van der Waals surface area contributed by atoms with Crippen LogP contribution in [0.3, 0.4) is 0 Å². The van der Waals surface area contributed by atoms with Crippen LogP contribution < -0.4 is 0 Å². The first-order valence-corrected chi connectivity index (χ1v) is 14.1. The third-order valence-corrected chi connectivity index (χ3v) is 6.46. The zero-order valence-corrected chi connectivity index (χ0v) is 22.3. The monoisotopic (exact) mass is 424 g/mol.